The summed E-state index contributed by atoms with van der Waals surface area (Å²) in [6.45, 7) is 1.98. The average Bonchev–Trinajstić information content (AvgIpc) is 3.99. The van der Waals surface area contributed by atoms with Crippen LogP contribution in [0.2, 0.25) is 0 Å². The second-order valence-electron chi connectivity index (χ2n) is 15.0. The van der Waals surface area contributed by atoms with Crippen LogP contribution in [0, 0.1) is 0 Å². The summed E-state index contributed by atoms with van der Waals surface area (Å²) in [6.07, 6.45) is 1.28. The van der Waals surface area contributed by atoms with Gasteiger partial charge < -0.3 is 4.74 Å². The Morgan fingerprint density at radius 1 is 0.738 bits per heavy atom. The summed E-state index contributed by atoms with van der Waals surface area (Å²) in [5.74, 6) is -0.421. The van der Waals surface area contributed by atoms with Crippen LogP contribution in [-0.2, 0) is 29.9 Å². The second kappa shape index (κ2) is 17.6. The summed E-state index contributed by atoms with van der Waals surface area (Å²) in [4.78, 5) is 27.9. The molecule has 6 aromatic carbocycles. The standard InChI is InChI=1S/C49H46N6O5S/c1-3-19-44(56)45(50-48(47(57)60-2)34-18-35-54(48)61(58,59)41-26-14-7-15-27-41)37-32-30-36(31-33-37)42-28-16-17-29-43(42)46-51-52-53-55(46)49(38-20-8-4-9-21-38,39-22-10-5-11-23-39)40-24-12-6-13-25-40/h4-17,20-33,45,50H,3,18-19,34-35H2,1-2H3/t45-,48-/m0/s1. The van der Waals surface area contributed by atoms with E-state index >= 15 is 0 Å². The molecule has 0 radical (unpaired) electrons. The number of carbonyl (C=O) groups excluding carboxylic acids is 2. The number of sulfonamides is 1. The molecule has 1 aromatic heterocycles. The van der Waals surface area contributed by atoms with Crippen molar-refractivity contribution in [2.24, 2.45) is 0 Å². The fraction of sp³-hybridized carbons (Fsp3) is 0.204. The fourth-order valence-corrected chi connectivity index (χ4v) is 10.4. The lowest BCUT2D eigenvalue weighted by atomic mass is 9.77. The van der Waals surface area contributed by atoms with Gasteiger partial charge in [0.2, 0.25) is 10.0 Å². The Labute approximate surface area is 356 Å². The highest BCUT2D eigenvalue weighted by atomic mass is 32.2. The third kappa shape index (κ3) is 7.47. The molecule has 0 spiro atoms. The zero-order valence-corrected chi connectivity index (χ0v) is 34.8. The molecule has 0 bridgehead atoms. The molecular weight excluding hydrogens is 785 g/mol. The molecule has 2 atom stereocenters. The number of esters is 1. The fourth-order valence-electron chi connectivity index (χ4n) is 8.67. The van der Waals surface area contributed by atoms with Gasteiger partial charge in [-0.2, -0.15) is 4.31 Å². The molecule has 0 amide bonds. The van der Waals surface area contributed by atoms with Crippen LogP contribution >= 0.6 is 0 Å². The lowest BCUT2D eigenvalue weighted by molar-refractivity contribution is -0.153. The van der Waals surface area contributed by atoms with Crippen LogP contribution in [0.5, 0.6) is 0 Å². The number of nitrogens with one attached hydrogen (secondary N) is 1. The molecule has 61 heavy (non-hydrogen) atoms. The smallest absolute Gasteiger partial charge is 0.342 e. The summed E-state index contributed by atoms with van der Waals surface area (Å²) in [7, 11) is -2.93. The maximum absolute atomic E-state index is 14.1. The van der Waals surface area contributed by atoms with Crippen molar-refractivity contribution in [3.8, 4) is 22.5 Å². The van der Waals surface area contributed by atoms with Gasteiger partial charge in [0.25, 0.3) is 0 Å². The van der Waals surface area contributed by atoms with Gasteiger partial charge in [0, 0.05) is 18.5 Å². The number of Topliss-reactive ketones (excluding diaryl/α,β-unsaturated/α-hetero) is 1. The minimum atomic E-state index is -4.16. The van der Waals surface area contributed by atoms with E-state index in [4.69, 9.17) is 15.0 Å². The van der Waals surface area contributed by atoms with Crippen LogP contribution in [0.25, 0.3) is 22.5 Å². The number of carbonyl (C=O) groups is 2. The van der Waals surface area contributed by atoms with Crippen LogP contribution in [0.4, 0.5) is 0 Å². The van der Waals surface area contributed by atoms with Gasteiger partial charge >= 0.3 is 5.97 Å². The third-order valence-electron chi connectivity index (χ3n) is 11.5. The molecule has 0 aliphatic carbocycles. The predicted molar refractivity (Wildman–Crippen MR) is 233 cm³/mol. The Hall–Kier alpha value is -6.60. The van der Waals surface area contributed by atoms with Crippen LogP contribution in [0.3, 0.4) is 0 Å². The SMILES string of the molecule is CCCC(=O)[C@@H](N[C@@]1(C(=O)OC)CCCN1S(=O)(=O)c1ccccc1)c1ccc(-c2ccccc2-c2nnnn2C(c2ccccc2)(c2ccccc2)c2ccccc2)cc1. The lowest BCUT2D eigenvalue weighted by Gasteiger charge is -2.38. The van der Waals surface area contributed by atoms with Crippen molar-refractivity contribution in [1.29, 1.82) is 0 Å². The summed E-state index contributed by atoms with van der Waals surface area (Å²) in [5.41, 5.74) is 3.17. The molecule has 0 saturated carbocycles. The number of ether oxygens (including phenoxy) is 1. The van der Waals surface area contributed by atoms with E-state index < -0.39 is 33.2 Å². The van der Waals surface area contributed by atoms with E-state index in [2.05, 4.69) is 46.9 Å². The molecule has 8 rings (SSSR count). The first-order valence-electron chi connectivity index (χ1n) is 20.4. The molecule has 12 heteroatoms. The van der Waals surface area contributed by atoms with Gasteiger partial charge in [0.15, 0.2) is 17.3 Å². The zero-order valence-electron chi connectivity index (χ0n) is 34.0. The van der Waals surface area contributed by atoms with E-state index in [-0.39, 0.29) is 30.1 Å². The van der Waals surface area contributed by atoms with Crippen molar-refractivity contribution in [2.75, 3.05) is 13.7 Å². The van der Waals surface area contributed by atoms with Gasteiger partial charge in [0.1, 0.15) is 5.54 Å². The summed E-state index contributed by atoms with van der Waals surface area (Å²) >= 11 is 0. The van der Waals surface area contributed by atoms with Crippen LogP contribution in [0.15, 0.2) is 175 Å². The van der Waals surface area contributed by atoms with Crippen molar-refractivity contribution >= 4 is 21.8 Å². The summed E-state index contributed by atoms with van der Waals surface area (Å²) in [5, 5.41) is 17.0. The molecular formula is C49H46N6O5S. The van der Waals surface area contributed by atoms with Crippen molar-refractivity contribution in [3.05, 3.63) is 192 Å². The third-order valence-corrected chi connectivity index (χ3v) is 13.4. The largest absolute Gasteiger partial charge is 0.467 e. The van der Waals surface area contributed by atoms with Crippen LogP contribution in [-0.4, -0.2) is 64.0 Å². The van der Waals surface area contributed by atoms with Gasteiger partial charge in [-0.25, -0.2) is 17.9 Å². The molecule has 7 aromatic rings. The van der Waals surface area contributed by atoms with E-state index in [1.807, 2.05) is 115 Å². The monoisotopic (exact) mass is 830 g/mol. The Balaban J connectivity index is 1.22. The van der Waals surface area contributed by atoms with Gasteiger partial charge in [0.05, 0.1) is 18.0 Å². The first kappa shape index (κ1) is 41.1. The molecule has 0 unspecified atom stereocenters. The zero-order chi connectivity index (χ0) is 42.5. The van der Waals surface area contributed by atoms with Crippen molar-refractivity contribution in [1.82, 2.24) is 29.8 Å². The number of methoxy groups -OCH3 is 1. The van der Waals surface area contributed by atoms with Gasteiger partial charge in [-0.1, -0.05) is 165 Å². The van der Waals surface area contributed by atoms with E-state index in [1.165, 1.54) is 19.2 Å². The topological polar surface area (TPSA) is 136 Å². The summed E-state index contributed by atoms with van der Waals surface area (Å²) in [6, 6.07) is 53.0. The van der Waals surface area contributed by atoms with Gasteiger partial charge in [-0.3, -0.25) is 10.1 Å². The number of tetrazole rings is 1. The number of nitrogens with zero attached hydrogens (tertiary/aromatic N) is 5. The molecule has 308 valence electrons. The molecule has 1 N–H and O–H groups in total. The number of benzene rings is 6. The van der Waals surface area contributed by atoms with E-state index in [0.717, 1.165) is 37.7 Å². The van der Waals surface area contributed by atoms with Crippen LogP contribution < -0.4 is 5.32 Å². The summed E-state index contributed by atoms with van der Waals surface area (Å²) < 4.78 is 36.6. The number of aromatic nitrogens is 4. The molecule has 2 heterocycles. The predicted octanol–water partition coefficient (Wildman–Crippen LogP) is 8.20. The van der Waals surface area contributed by atoms with E-state index in [9.17, 15) is 18.0 Å². The molecule has 1 fully saturated rings. The van der Waals surface area contributed by atoms with E-state index in [1.54, 1.807) is 18.2 Å². The number of hydrogen-bond donors (Lipinski definition) is 1. The maximum atomic E-state index is 14.1. The number of hydrogen-bond acceptors (Lipinski definition) is 9. The Morgan fingerprint density at radius 2 is 1.26 bits per heavy atom. The highest BCUT2D eigenvalue weighted by Gasteiger charge is 2.55. The van der Waals surface area contributed by atoms with Crippen molar-refractivity contribution in [2.45, 2.75) is 54.7 Å². The molecule has 1 aliphatic rings. The highest BCUT2D eigenvalue weighted by Crippen LogP contribution is 2.44. The van der Waals surface area contributed by atoms with Crippen molar-refractivity contribution in [3.63, 3.8) is 0 Å². The van der Waals surface area contributed by atoms with E-state index in [0.29, 0.717) is 24.2 Å². The minimum absolute atomic E-state index is 0.0472. The van der Waals surface area contributed by atoms with Crippen LogP contribution in [0.1, 0.15) is 60.9 Å². The quantitative estimate of drug-likeness (QED) is 0.0801. The maximum Gasteiger partial charge on any atom is 0.342 e. The van der Waals surface area contributed by atoms with Crippen molar-refractivity contribution < 1.29 is 22.7 Å². The molecule has 1 aliphatic heterocycles. The lowest BCUT2D eigenvalue weighted by Crippen LogP contribution is -2.64. The Morgan fingerprint density at radius 3 is 1.80 bits per heavy atom. The van der Waals surface area contributed by atoms with Gasteiger partial charge in [-0.15, -0.1) is 5.10 Å². The highest BCUT2D eigenvalue weighted by molar-refractivity contribution is 7.89. The first-order chi connectivity index (χ1) is 29.8. The average molecular weight is 831 g/mol. The Kier molecular flexibility index (Phi) is 11.8. The number of rotatable bonds is 15. The van der Waals surface area contributed by atoms with Gasteiger partial charge in [-0.05, 0) is 75.2 Å². The molecule has 1 saturated heterocycles. The Bertz CT molecular complexity index is 2620. The second-order valence-corrected chi connectivity index (χ2v) is 16.9. The first-order valence-corrected chi connectivity index (χ1v) is 21.8. The number of ketones is 1. The minimum Gasteiger partial charge on any atom is -0.467 e. The normalized spacial score (nSPS) is 16.2. The molecule has 11 nitrogen and oxygen atoms in total.